The highest BCUT2D eigenvalue weighted by atomic mass is 14.3. The van der Waals surface area contributed by atoms with Gasteiger partial charge in [0.2, 0.25) is 0 Å². The molecular weight excluding hydrogens is 218 g/mol. The van der Waals surface area contributed by atoms with E-state index in [9.17, 15) is 5.26 Å². The van der Waals surface area contributed by atoms with Crippen LogP contribution in [0.5, 0.6) is 0 Å². The number of unbranched alkanes of at least 4 members (excludes halogenated alkanes) is 1. The second kappa shape index (κ2) is 6.02. The minimum absolute atomic E-state index is 0.831. The van der Waals surface area contributed by atoms with Crippen LogP contribution in [0.15, 0.2) is 48.5 Å². The maximum Gasteiger partial charge on any atom is 0.100 e. The van der Waals surface area contributed by atoms with Gasteiger partial charge in [0.1, 0.15) is 6.07 Å². The monoisotopic (exact) mass is 235 g/mol. The van der Waals surface area contributed by atoms with Crippen LogP contribution in [0, 0.1) is 11.3 Å². The molecule has 0 bridgehead atoms. The number of hydrogen-bond acceptors (Lipinski definition) is 1. The maximum atomic E-state index is 9.41. The van der Waals surface area contributed by atoms with Gasteiger partial charge in [0.25, 0.3) is 0 Å². The highest BCUT2D eigenvalue weighted by molar-refractivity contribution is 5.72. The Morgan fingerprint density at radius 3 is 2.44 bits per heavy atom. The van der Waals surface area contributed by atoms with Crippen LogP contribution in [0.2, 0.25) is 0 Å². The molecule has 0 unspecified atom stereocenters. The first-order valence-corrected chi connectivity index (χ1v) is 6.44. The van der Waals surface area contributed by atoms with E-state index in [0.717, 1.165) is 36.0 Å². The third-order valence-electron chi connectivity index (χ3n) is 3.15. The first-order valence-electron chi connectivity index (χ1n) is 6.44. The number of benzene rings is 2. The van der Waals surface area contributed by atoms with Crippen molar-refractivity contribution < 1.29 is 0 Å². The zero-order chi connectivity index (χ0) is 12.8. The SMILES string of the molecule is CCCCc1cccc(-c2ccccc2)c1C#N. The molecule has 1 heteroatoms. The fourth-order valence-electron chi connectivity index (χ4n) is 2.17. The Morgan fingerprint density at radius 2 is 1.78 bits per heavy atom. The minimum Gasteiger partial charge on any atom is -0.192 e. The molecule has 0 fully saturated rings. The summed E-state index contributed by atoms with van der Waals surface area (Å²) in [5.74, 6) is 0. The molecule has 0 aromatic heterocycles. The molecule has 0 atom stereocenters. The predicted octanol–water partition coefficient (Wildman–Crippen LogP) is 4.57. The summed E-state index contributed by atoms with van der Waals surface area (Å²) in [5.41, 5.74) is 4.16. The first kappa shape index (κ1) is 12.4. The lowest BCUT2D eigenvalue weighted by atomic mass is 9.94. The average Bonchev–Trinajstić information content (AvgIpc) is 2.45. The average molecular weight is 235 g/mol. The van der Waals surface area contributed by atoms with Crippen LogP contribution in [-0.4, -0.2) is 0 Å². The summed E-state index contributed by atoms with van der Waals surface area (Å²) < 4.78 is 0. The van der Waals surface area contributed by atoms with Crippen molar-refractivity contribution in [3.05, 3.63) is 59.7 Å². The minimum atomic E-state index is 0.831. The van der Waals surface area contributed by atoms with Crippen molar-refractivity contribution >= 4 is 0 Å². The molecule has 0 heterocycles. The topological polar surface area (TPSA) is 23.8 Å². The third-order valence-corrected chi connectivity index (χ3v) is 3.15. The van der Waals surface area contributed by atoms with Gasteiger partial charge in [-0.25, -0.2) is 0 Å². The molecule has 2 aromatic rings. The van der Waals surface area contributed by atoms with E-state index in [4.69, 9.17) is 0 Å². The van der Waals surface area contributed by atoms with Gasteiger partial charge < -0.3 is 0 Å². The molecule has 0 saturated carbocycles. The van der Waals surface area contributed by atoms with Gasteiger partial charge in [-0.3, -0.25) is 0 Å². The van der Waals surface area contributed by atoms with Crippen molar-refractivity contribution in [3.63, 3.8) is 0 Å². The van der Waals surface area contributed by atoms with E-state index in [0.29, 0.717) is 0 Å². The molecule has 2 rings (SSSR count). The van der Waals surface area contributed by atoms with E-state index in [1.54, 1.807) is 0 Å². The Morgan fingerprint density at radius 1 is 1.00 bits per heavy atom. The quantitative estimate of drug-likeness (QED) is 0.761. The Balaban J connectivity index is 2.46. The van der Waals surface area contributed by atoms with Gasteiger partial charge in [-0.1, -0.05) is 61.9 Å². The molecule has 0 saturated heterocycles. The summed E-state index contributed by atoms with van der Waals surface area (Å²) in [6.45, 7) is 2.17. The zero-order valence-corrected chi connectivity index (χ0v) is 10.7. The predicted molar refractivity (Wildman–Crippen MR) is 75.2 cm³/mol. The number of rotatable bonds is 4. The fraction of sp³-hybridized carbons (Fsp3) is 0.235. The molecule has 0 aliphatic heterocycles. The van der Waals surface area contributed by atoms with Crippen molar-refractivity contribution in [3.8, 4) is 17.2 Å². The first-order chi connectivity index (χ1) is 8.86. The van der Waals surface area contributed by atoms with E-state index in [2.05, 4.69) is 31.2 Å². The number of aryl methyl sites for hydroxylation is 1. The van der Waals surface area contributed by atoms with Crippen molar-refractivity contribution in [2.45, 2.75) is 26.2 Å². The van der Waals surface area contributed by atoms with Crippen LogP contribution in [0.4, 0.5) is 0 Å². The van der Waals surface area contributed by atoms with Crippen LogP contribution < -0.4 is 0 Å². The summed E-state index contributed by atoms with van der Waals surface area (Å²) in [4.78, 5) is 0. The molecule has 0 aliphatic carbocycles. The van der Waals surface area contributed by atoms with Crippen molar-refractivity contribution in [2.24, 2.45) is 0 Å². The van der Waals surface area contributed by atoms with E-state index in [1.165, 1.54) is 5.56 Å². The Bertz CT molecular complexity index is 550. The van der Waals surface area contributed by atoms with E-state index in [1.807, 2.05) is 30.3 Å². The van der Waals surface area contributed by atoms with Crippen LogP contribution in [0.1, 0.15) is 30.9 Å². The fourth-order valence-corrected chi connectivity index (χ4v) is 2.17. The second-order valence-electron chi connectivity index (χ2n) is 4.42. The summed E-state index contributed by atoms with van der Waals surface area (Å²) in [6, 6.07) is 18.6. The van der Waals surface area contributed by atoms with E-state index < -0.39 is 0 Å². The highest BCUT2D eigenvalue weighted by Gasteiger charge is 2.08. The molecule has 0 radical (unpaired) electrons. The Kier molecular flexibility index (Phi) is 4.15. The van der Waals surface area contributed by atoms with Crippen molar-refractivity contribution in [1.82, 2.24) is 0 Å². The number of nitrogens with zero attached hydrogens (tertiary/aromatic N) is 1. The van der Waals surface area contributed by atoms with E-state index >= 15 is 0 Å². The van der Waals surface area contributed by atoms with Gasteiger partial charge in [0.15, 0.2) is 0 Å². The molecule has 0 amide bonds. The van der Waals surface area contributed by atoms with Gasteiger partial charge in [0, 0.05) is 0 Å². The van der Waals surface area contributed by atoms with E-state index in [-0.39, 0.29) is 0 Å². The summed E-state index contributed by atoms with van der Waals surface area (Å²) in [7, 11) is 0. The number of hydrogen-bond donors (Lipinski definition) is 0. The van der Waals surface area contributed by atoms with Gasteiger partial charge in [-0.15, -0.1) is 0 Å². The molecule has 90 valence electrons. The van der Waals surface area contributed by atoms with Crippen LogP contribution in [0.25, 0.3) is 11.1 Å². The molecule has 1 nitrogen and oxygen atoms in total. The lowest BCUT2D eigenvalue weighted by molar-refractivity contribution is 0.794. The van der Waals surface area contributed by atoms with Crippen LogP contribution in [-0.2, 0) is 6.42 Å². The van der Waals surface area contributed by atoms with Gasteiger partial charge in [-0.05, 0) is 29.5 Å². The maximum absolute atomic E-state index is 9.41. The molecule has 2 aromatic carbocycles. The van der Waals surface area contributed by atoms with Crippen molar-refractivity contribution in [1.29, 1.82) is 5.26 Å². The van der Waals surface area contributed by atoms with Gasteiger partial charge >= 0.3 is 0 Å². The lowest BCUT2D eigenvalue weighted by Gasteiger charge is -2.09. The van der Waals surface area contributed by atoms with Gasteiger partial charge in [-0.2, -0.15) is 5.26 Å². The third kappa shape index (κ3) is 2.60. The highest BCUT2D eigenvalue weighted by Crippen LogP contribution is 2.26. The summed E-state index contributed by atoms with van der Waals surface area (Å²) in [5, 5.41) is 9.41. The molecule has 0 aliphatic rings. The molecular formula is C17H17N. The Hall–Kier alpha value is -2.07. The van der Waals surface area contributed by atoms with Crippen molar-refractivity contribution in [2.75, 3.05) is 0 Å². The summed E-state index contributed by atoms with van der Waals surface area (Å²) >= 11 is 0. The molecule has 0 spiro atoms. The normalized spacial score (nSPS) is 10.0. The second-order valence-corrected chi connectivity index (χ2v) is 4.42. The summed E-state index contributed by atoms with van der Waals surface area (Å²) in [6.07, 6.45) is 3.27. The van der Waals surface area contributed by atoms with Crippen LogP contribution >= 0.6 is 0 Å². The largest absolute Gasteiger partial charge is 0.192 e. The molecule has 0 N–H and O–H groups in total. The zero-order valence-electron chi connectivity index (χ0n) is 10.7. The lowest BCUT2D eigenvalue weighted by Crippen LogP contribution is -1.93. The molecule has 18 heavy (non-hydrogen) atoms. The standard InChI is InChI=1S/C17H17N/c1-2-3-8-15-11-7-12-16(17(15)13-18)14-9-5-4-6-10-14/h4-7,9-12H,2-3,8H2,1H3. The van der Waals surface area contributed by atoms with Crippen LogP contribution in [0.3, 0.4) is 0 Å². The smallest absolute Gasteiger partial charge is 0.100 e. The number of nitriles is 1. The Labute approximate surface area is 109 Å². The van der Waals surface area contributed by atoms with Gasteiger partial charge in [0.05, 0.1) is 5.56 Å².